The SMILES string of the molecule is CCCC(CCCl)CNC(=O)c1cccc2nccnc12. The summed E-state index contributed by atoms with van der Waals surface area (Å²) in [4.78, 5) is 20.8. The third kappa shape index (κ3) is 4.14. The minimum Gasteiger partial charge on any atom is -0.352 e. The van der Waals surface area contributed by atoms with Crippen molar-refractivity contribution >= 4 is 28.5 Å². The van der Waals surface area contributed by atoms with Crippen LogP contribution in [-0.2, 0) is 0 Å². The number of carbonyl (C=O) groups is 1. The van der Waals surface area contributed by atoms with E-state index in [0.29, 0.717) is 29.4 Å². The van der Waals surface area contributed by atoms with Gasteiger partial charge in [0.25, 0.3) is 5.91 Å². The molecular formula is C16H20ClN3O. The van der Waals surface area contributed by atoms with Crippen molar-refractivity contribution in [1.82, 2.24) is 15.3 Å². The van der Waals surface area contributed by atoms with Crippen LogP contribution >= 0.6 is 11.6 Å². The molecular weight excluding hydrogens is 286 g/mol. The monoisotopic (exact) mass is 305 g/mol. The number of rotatable bonds is 7. The zero-order valence-corrected chi connectivity index (χ0v) is 12.9. The first-order chi connectivity index (χ1) is 10.3. The van der Waals surface area contributed by atoms with Gasteiger partial charge in [-0.25, -0.2) is 0 Å². The number of hydrogen-bond acceptors (Lipinski definition) is 3. The first kappa shape index (κ1) is 15.7. The summed E-state index contributed by atoms with van der Waals surface area (Å²) in [5, 5.41) is 3.00. The Morgan fingerprint density at radius 1 is 1.29 bits per heavy atom. The smallest absolute Gasteiger partial charge is 0.253 e. The molecule has 4 nitrogen and oxygen atoms in total. The van der Waals surface area contributed by atoms with Gasteiger partial charge in [-0.15, -0.1) is 11.6 Å². The molecule has 0 spiro atoms. The average molecular weight is 306 g/mol. The third-order valence-electron chi connectivity index (χ3n) is 3.51. The van der Waals surface area contributed by atoms with Gasteiger partial charge >= 0.3 is 0 Å². The number of fused-ring (bicyclic) bond motifs is 1. The molecule has 112 valence electrons. The van der Waals surface area contributed by atoms with Crippen LogP contribution in [0.4, 0.5) is 0 Å². The second-order valence-corrected chi connectivity index (χ2v) is 5.45. The quantitative estimate of drug-likeness (QED) is 0.798. The standard InChI is InChI=1S/C16H20ClN3O/c1-2-4-12(7-8-17)11-20-16(21)13-5-3-6-14-15(13)19-10-9-18-14/h3,5-6,9-10,12H,2,4,7-8,11H2,1H3,(H,20,21). The van der Waals surface area contributed by atoms with E-state index in [1.165, 1.54) is 0 Å². The Labute approximate surface area is 129 Å². The zero-order chi connectivity index (χ0) is 15.1. The van der Waals surface area contributed by atoms with E-state index < -0.39 is 0 Å². The fourth-order valence-corrected chi connectivity index (χ4v) is 2.73. The Morgan fingerprint density at radius 2 is 2.10 bits per heavy atom. The number of nitrogens with one attached hydrogen (secondary N) is 1. The maximum atomic E-state index is 12.4. The summed E-state index contributed by atoms with van der Waals surface area (Å²) in [7, 11) is 0. The van der Waals surface area contributed by atoms with Gasteiger partial charge in [0.05, 0.1) is 11.1 Å². The molecule has 1 amide bonds. The minimum atomic E-state index is -0.100. The summed E-state index contributed by atoms with van der Waals surface area (Å²) in [5.41, 5.74) is 1.94. The second-order valence-electron chi connectivity index (χ2n) is 5.07. The number of alkyl halides is 1. The molecule has 2 aromatic rings. The summed E-state index contributed by atoms with van der Waals surface area (Å²) in [6.07, 6.45) is 6.32. The highest BCUT2D eigenvalue weighted by atomic mass is 35.5. The number of amides is 1. The van der Waals surface area contributed by atoms with Crippen molar-refractivity contribution in [3.63, 3.8) is 0 Å². The molecule has 1 N–H and O–H groups in total. The van der Waals surface area contributed by atoms with Crippen molar-refractivity contribution in [3.8, 4) is 0 Å². The summed E-state index contributed by atoms with van der Waals surface area (Å²) < 4.78 is 0. The minimum absolute atomic E-state index is 0.100. The number of halogens is 1. The Hall–Kier alpha value is -1.68. The van der Waals surface area contributed by atoms with E-state index in [9.17, 15) is 4.79 Å². The van der Waals surface area contributed by atoms with Crippen LogP contribution in [0.3, 0.4) is 0 Å². The molecule has 1 aromatic carbocycles. The Balaban J connectivity index is 2.08. The Morgan fingerprint density at radius 3 is 2.86 bits per heavy atom. The molecule has 1 heterocycles. The summed E-state index contributed by atoms with van der Waals surface area (Å²) in [6, 6.07) is 5.46. The fraction of sp³-hybridized carbons (Fsp3) is 0.438. The number of aromatic nitrogens is 2. The van der Waals surface area contributed by atoms with Crippen LogP contribution in [0.1, 0.15) is 36.5 Å². The molecule has 0 fully saturated rings. The second kappa shape index (κ2) is 7.93. The van der Waals surface area contributed by atoms with Crippen molar-refractivity contribution < 1.29 is 4.79 Å². The van der Waals surface area contributed by atoms with Crippen molar-refractivity contribution in [3.05, 3.63) is 36.2 Å². The van der Waals surface area contributed by atoms with Crippen molar-refractivity contribution in [2.24, 2.45) is 5.92 Å². The van der Waals surface area contributed by atoms with E-state index in [1.54, 1.807) is 18.5 Å². The lowest BCUT2D eigenvalue weighted by molar-refractivity contribution is 0.0947. The van der Waals surface area contributed by atoms with Crippen molar-refractivity contribution in [2.75, 3.05) is 12.4 Å². The van der Waals surface area contributed by atoms with E-state index in [1.807, 2.05) is 12.1 Å². The number of hydrogen-bond donors (Lipinski definition) is 1. The molecule has 0 bridgehead atoms. The lowest BCUT2D eigenvalue weighted by Crippen LogP contribution is -2.29. The summed E-state index contributed by atoms with van der Waals surface area (Å²) >= 11 is 5.81. The first-order valence-electron chi connectivity index (χ1n) is 7.30. The predicted octanol–water partition coefficient (Wildman–Crippen LogP) is 3.40. The third-order valence-corrected chi connectivity index (χ3v) is 3.73. The van der Waals surface area contributed by atoms with E-state index in [-0.39, 0.29) is 5.91 Å². The van der Waals surface area contributed by atoms with E-state index >= 15 is 0 Å². The van der Waals surface area contributed by atoms with Gasteiger partial charge in [0.2, 0.25) is 0 Å². The van der Waals surface area contributed by atoms with Gasteiger partial charge in [0.15, 0.2) is 0 Å². The Kier molecular flexibility index (Phi) is 5.93. The normalized spacial score (nSPS) is 12.3. The van der Waals surface area contributed by atoms with E-state index in [2.05, 4.69) is 22.2 Å². The lowest BCUT2D eigenvalue weighted by Gasteiger charge is -2.15. The highest BCUT2D eigenvalue weighted by Gasteiger charge is 2.13. The highest BCUT2D eigenvalue weighted by molar-refractivity contribution is 6.17. The van der Waals surface area contributed by atoms with Crippen LogP contribution in [0, 0.1) is 5.92 Å². The number of para-hydroxylation sites is 1. The van der Waals surface area contributed by atoms with Gasteiger partial charge in [-0.3, -0.25) is 14.8 Å². The molecule has 0 aliphatic rings. The van der Waals surface area contributed by atoms with Crippen molar-refractivity contribution in [2.45, 2.75) is 26.2 Å². The topological polar surface area (TPSA) is 54.9 Å². The van der Waals surface area contributed by atoms with Crippen LogP contribution in [0.2, 0.25) is 0 Å². The molecule has 1 aromatic heterocycles. The van der Waals surface area contributed by atoms with E-state index in [4.69, 9.17) is 11.6 Å². The van der Waals surface area contributed by atoms with Gasteiger partial charge in [0, 0.05) is 24.8 Å². The maximum absolute atomic E-state index is 12.4. The van der Waals surface area contributed by atoms with Gasteiger partial charge in [-0.1, -0.05) is 19.4 Å². The predicted molar refractivity (Wildman–Crippen MR) is 85.6 cm³/mol. The van der Waals surface area contributed by atoms with Crippen LogP contribution < -0.4 is 5.32 Å². The maximum Gasteiger partial charge on any atom is 0.253 e. The zero-order valence-electron chi connectivity index (χ0n) is 12.2. The molecule has 0 radical (unpaired) electrons. The molecule has 0 saturated carbocycles. The highest BCUT2D eigenvalue weighted by Crippen LogP contribution is 2.15. The molecule has 0 aliphatic carbocycles. The molecule has 2 rings (SSSR count). The lowest BCUT2D eigenvalue weighted by atomic mass is 10.0. The summed E-state index contributed by atoms with van der Waals surface area (Å²) in [5.74, 6) is 0.953. The number of benzene rings is 1. The van der Waals surface area contributed by atoms with Crippen LogP contribution in [-0.4, -0.2) is 28.3 Å². The van der Waals surface area contributed by atoms with Crippen LogP contribution in [0.15, 0.2) is 30.6 Å². The molecule has 21 heavy (non-hydrogen) atoms. The van der Waals surface area contributed by atoms with Gasteiger partial charge < -0.3 is 5.32 Å². The fourth-order valence-electron chi connectivity index (χ4n) is 2.42. The average Bonchev–Trinajstić information content (AvgIpc) is 2.52. The molecule has 1 atom stereocenters. The summed E-state index contributed by atoms with van der Waals surface area (Å²) in [6.45, 7) is 2.79. The van der Waals surface area contributed by atoms with Gasteiger partial charge in [-0.2, -0.15) is 0 Å². The molecule has 0 saturated heterocycles. The Bertz CT molecular complexity index is 592. The number of nitrogens with zero attached hydrogens (tertiary/aromatic N) is 2. The first-order valence-corrected chi connectivity index (χ1v) is 7.83. The van der Waals surface area contributed by atoms with E-state index in [0.717, 1.165) is 24.8 Å². The molecule has 5 heteroatoms. The van der Waals surface area contributed by atoms with Crippen molar-refractivity contribution in [1.29, 1.82) is 0 Å². The molecule has 0 aliphatic heterocycles. The van der Waals surface area contributed by atoms with Crippen LogP contribution in [0.5, 0.6) is 0 Å². The van der Waals surface area contributed by atoms with Gasteiger partial charge in [-0.05, 0) is 30.9 Å². The number of carbonyl (C=O) groups excluding carboxylic acids is 1. The molecule has 1 unspecified atom stereocenters. The van der Waals surface area contributed by atoms with Crippen LogP contribution in [0.25, 0.3) is 11.0 Å². The van der Waals surface area contributed by atoms with Gasteiger partial charge in [0.1, 0.15) is 5.52 Å². The largest absolute Gasteiger partial charge is 0.352 e.